The number of aryl methyl sites for hydroxylation is 1. The van der Waals surface area contributed by atoms with Crippen molar-refractivity contribution in [2.45, 2.75) is 32.6 Å². The molecule has 0 fully saturated rings. The van der Waals surface area contributed by atoms with E-state index in [9.17, 15) is 4.39 Å². The number of benzene rings is 3. The Labute approximate surface area is 154 Å². The number of nitriles is 1. The van der Waals surface area contributed by atoms with Crippen LogP contribution >= 0.6 is 0 Å². The molecule has 0 N–H and O–H groups in total. The van der Waals surface area contributed by atoms with E-state index in [0.29, 0.717) is 5.56 Å². The van der Waals surface area contributed by atoms with Gasteiger partial charge >= 0.3 is 0 Å². The summed E-state index contributed by atoms with van der Waals surface area (Å²) < 4.78 is 13.3. The summed E-state index contributed by atoms with van der Waals surface area (Å²) in [7, 11) is 0. The van der Waals surface area contributed by atoms with E-state index < -0.39 is 0 Å². The Morgan fingerprint density at radius 1 is 0.808 bits per heavy atom. The predicted molar refractivity (Wildman–Crippen MR) is 105 cm³/mol. The lowest BCUT2D eigenvalue weighted by molar-refractivity contribution is 0.628. The first kappa shape index (κ1) is 17.9. The topological polar surface area (TPSA) is 23.8 Å². The highest BCUT2D eigenvalue weighted by atomic mass is 19.1. The van der Waals surface area contributed by atoms with Crippen molar-refractivity contribution in [1.82, 2.24) is 0 Å². The summed E-state index contributed by atoms with van der Waals surface area (Å²) in [5, 5.41) is 9.04. The third kappa shape index (κ3) is 4.18. The van der Waals surface area contributed by atoms with Crippen molar-refractivity contribution in [2.24, 2.45) is 0 Å². The summed E-state index contributed by atoms with van der Waals surface area (Å²) in [4.78, 5) is 0. The van der Waals surface area contributed by atoms with E-state index in [1.165, 1.54) is 37.0 Å². The van der Waals surface area contributed by atoms with Gasteiger partial charge in [0.25, 0.3) is 0 Å². The fourth-order valence-electron chi connectivity index (χ4n) is 3.17. The highest BCUT2D eigenvalue weighted by Gasteiger charge is 2.09. The molecule has 0 unspecified atom stereocenters. The first-order valence-corrected chi connectivity index (χ1v) is 9.10. The average molecular weight is 343 g/mol. The van der Waals surface area contributed by atoms with Crippen LogP contribution in [0.5, 0.6) is 0 Å². The fourth-order valence-corrected chi connectivity index (χ4v) is 3.17. The summed E-state index contributed by atoms with van der Waals surface area (Å²) in [6.45, 7) is 2.21. The average Bonchev–Trinajstić information content (AvgIpc) is 2.69. The molecular formula is C24H22FN. The minimum atomic E-state index is -0.232. The van der Waals surface area contributed by atoms with Crippen molar-refractivity contribution in [3.8, 4) is 28.3 Å². The van der Waals surface area contributed by atoms with Crippen molar-refractivity contribution in [3.05, 3.63) is 83.7 Å². The maximum absolute atomic E-state index is 13.3. The largest absolute Gasteiger partial charge is 0.207 e. The molecule has 0 bridgehead atoms. The lowest BCUT2D eigenvalue weighted by Crippen LogP contribution is -1.91. The molecule has 2 heteroatoms. The summed E-state index contributed by atoms with van der Waals surface area (Å²) in [5.74, 6) is -0.232. The van der Waals surface area contributed by atoms with E-state index in [1.807, 2.05) is 36.4 Å². The Bertz CT molecular complexity index is 902. The SMILES string of the molecule is CCCCCc1ccc(-c2ccc(F)cc2)c(-c2ccc(C#N)cc2)c1. The molecule has 0 heterocycles. The van der Waals surface area contributed by atoms with Crippen LogP contribution in [0, 0.1) is 17.1 Å². The third-order valence-electron chi connectivity index (χ3n) is 4.63. The molecule has 3 aromatic carbocycles. The van der Waals surface area contributed by atoms with Gasteiger partial charge in [0.1, 0.15) is 5.82 Å². The molecule has 0 amide bonds. The van der Waals surface area contributed by atoms with Gasteiger partial charge in [-0.1, -0.05) is 62.2 Å². The van der Waals surface area contributed by atoms with Crippen LogP contribution in [0.3, 0.4) is 0 Å². The maximum Gasteiger partial charge on any atom is 0.123 e. The van der Waals surface area contributed by atoms with Crippen molar-refractivity contribution in [3.63, 3.8) is 0 Å². The van der Waals surface area contributed by atoms with E-state index in [0.717, 1.165) is 28.7 Å². The molecule has 0 aromatic heterocycles. The van der Waals surface area contributed by atoms with E-state index in [-0.39, 0.29) is 5.82 Å². The number of hydrogen-bond acceptors (Lipinski definition) is 1. The zero-order chi connectivity index (χ0) is 18.4. The zero-order valence-corrected chi connectivity index (χ0v) is 15.0. The van der Waals surface area contributed by atoms with Crippen LogP contribution in [0.25, 0.3) is 22.3 Å². The molecule has 0 saturated heterocycles. The van der Waals surface area contributed by atoms with Crippen molar-refractivity contribution >= 4 is 0 Å². The Hall–Kier alpha value is -2.92. The van der Waals surface area contributed by atoms with E-state index in [2.05, 4.69) is 31.2 Å². The third-order valence-corrected chi connectivity index (χ3v) is 4.63. The highest BCUT2D eigenvalue weighted by molar-refractivity contribution is 5.84. The van der Waals surface area contributed by atoms with Crippen LogP contribution in [0.1, 0.15) is 37.3 Å². The standard InChI is InChI=1S/C24H22FN/c1-2-3-4-5-18-8-15-23(20-11-13-22(25)14-12-20)24(16-18)21-9-6-19(17-26)7-10-21/h6-16H,2-5H2,1H3. The van der Waals surface area contributed by atoms with E-state index >= 15 is 0 Å². The Balaban J connectivity index is 2.04. The molecular weight excluding hydrogens is 321 g/mol. The Kier molecular flexibility index (Phi) is 5.81. The summed E-state index contributed by atoms with van der Waals surface area (Å²) >= 11 is 0. The van der Waals surface area contributed by atoms with Gasteiger partial charge in [0.2, 0.25) is 0 Å². The minimum Gasteiger partial charge on any atom is -0.207 e. The van der Waals surface area contributed by atoms with Gasteiger partial charge in [0.05, 0.1) is 11.6 Å². The van der Waals surface area contributed by atoms with Gasteiger partial charge in [-0.2, -0.15) is 5.26 Å². The lowest BCUT2D eigenvalue weighted by Gasteiger charge is -2.13. The van der Waals surface area contributed by atoms with Gasteiger partial charge in [-0.3, -0.25) is 0 Å². The number of nitrogens with zero attached hydrogens (tertiary/aromatic N) is 1. The molecule has 0 aliphatic carbocycles. The Morgan fingerprint density at radius 2 is 1.46 bits per heavy atom. The van der Waals surface area contributed by atoms with Gasteiger partial charge in [0.15, 0.2) is 0 Å². The lowest BCUT2D eigenvalue weighted by atomic mass is 9.91. The number of rotatable bonds is 6. The molecule has 130 valence electrons. The van der Waals surface area contributed by atoms with Crippen LogP contribution in [0.4, 0.5) is 4.39 Å². The highest BCUT2D eigenvalue weighted by Crippen LogP contribution is 2.33. The van der Waals surface area contributed by atoms with Crippen molar-refractivity contribution < 1.29 is 4.39 Å². The minimum absolute atomic E-state index is 0.232. The molecule has 1 nitrogen and oxygen atoms in total. The molecule has 0 aliphatic heterocycles. The normalized spacial score (nSPS) is 10.5. The predicted octanol–water partition coefficient (Wildman–Crippen LogP) is 6.76. The second-order valence-electron chi connectivity index (χ2n) is 6.53. The molecule has 0 radical (unpaired) electrons. The monoisotopic (exact) mass is 343 g/mol. The summed E-state index contributed by atoms with van der Waals surface area (Å²) in [6, 6.07) is 23.0. The van der Waals surface area contributed by atoms with E-state index in [4.69, 9.17) is 5.26 Å². The summed E-state index contributed by atoms with van der Waals surface area (Å²) in [6.07, 6.45) is 4.67. The molecule has 0 atom stereocenters. The number of hydrogen-bond donors (Lipinski definition) is 0. The second kappa shape index (κ2) is 8.45. The van der Waals surface area contributed by atoms with Crippen molar-refractivity contribution in [2.75, 3.05) is 0 Å². The molecule has 3 aromatic rings. The molecule has 0 spiro atoms. The fraction of sp³-hybridized carbons (Fsp3) is 0.208. The van der Waals surface area contributed by atoms with Crippen molar-refractivity contribution in [1.29, 1.82) is 5.26 Å². The molecule has 3 rings (SSSR count). The quantitative estimate of drug-likeness (QED) is 0.453. The van der Waals surface area contributed by atoms with E-state index in [1.54, 1.807) is 0 Å². The van der Waals surface area contributed by atoms with Gasteiger partial charge < -0.3 is 0 Å². The Morgan fingerprint density at radius 3 is 2.12 bits per heavy atom. The van der Waals surface area contributed by atoms with Crippen LogP contribution < -0.4 is 0 Å². The molecule has 26 heavy (non-hydrogen) atoms. The van der Waals surface area contributed by atoms with Crippen LogP contribution in [-0.4, -0.2) is 0 Å². The van der Waals surface area contributed by atoms with Gasteiger partial charge in [0, 0.05) is 0 Å². The van der Waals surface area contributed by atoms with Gasteiger partial charge in [-0.15, -0.1) is 0 Å². The summed E-state index contributed by atoms with van der Waals surface area (Å²) in [5.41, 5.74) is 6.22. The molecule has 0 aliphatic rings. The number of unbranched alkanes of at least 4 members (excludes halogenated alkanes) is 2. The number of halogens is 1. The smallest absolute Gasteiger partial charge is 0.123 e. The van der Waals surface area contributed by atoms with Crippen LogP contribution in [-0.2, 0) is 6.42 Å². The van der Waals surface area contributed by atoms with Gasteiger partial charge in [-0.05, 0) is 64.9 Å². The first-order valence-electron chi connectivity index (χ1n) is 9.10. The van der Waals surface area contributed by atoms with Gasteiger partial charge in [-0.25, -0.2) is 4.39 Å². The van der Waals surface area contributed by atoms with Crippen LogP contribution in [0.15, 0.2) is 66.7 Å². The maximum atomic E-state index is 13.3. The zero-order valence-electron chi connectivity index (χ0n) is 15.0. The second-order valence-corrected chi connectivity index (χ2v) is 6.53. The van der Waals surface area contributed by atoms with Crippen LogP contribution in [0.2, 0.25) is 0 Å². The molecule has 0 saturated carbocycles. The first-order chi connectivity index (χ1) is 12.7.